The van der Waals surface area contributed by atoms with Gasteiger partial charge in [0.15, 0.2) is 5.12 Å². The van der Waals surface area contributed by atoms with Crippen molar-refractivity contribution in [3.05, 3.63) is 41.5 Å². The molecule has 2 rings (SSSR count). The molecule has 2 unspecified atom stereocenters. The molecule has 0 spiro atoms. The van der Waals surface area contributed by atoms with Gasteiger partial charge in [0.05, 0.1) is 23.8 Å². The van der Waals surface area contributed by atoms with E-state index in [1.807, 2.05) is 44.2 Å². The molecule has 27 heavy (non-hydrogen) atoms. The van der Waals surface area contributed by atoms with E-state index >= 15 is 0 Å². The van der Waals surface area contributed by atoms with Crippen molar-refractivity contribution in [3.8, 4) is 0 Å². The highest BCUT2D eigenvalue weighted by Crippen LogP contribution is 2.40. The summed E-state index contributed by atoms with van der Waals surface area (Å²) < 4.78 is 5.36. The fraction of sp³-hybridized carbons (Fsp3) is 0.500. The Bertz CT molecular complexity index is 724. The molecule has 0 N–H and O–H groups in total. The summed E-state index contributed by atoms with van der Waals surface area (Å²) in [5.41, 5.74) is 2.99. The van der Waals surface area contributed by atoms with Gasteiger partial charge >= 0.3 is 5.97 Å². The van der Waals surface area contributed by atoms with Crippen molar-refractivity contribution in [1.29, 1.82) is 0 Å². The minimum absolute atomic E-state index is 0.102. The predicted molar refractivity (Wildman–Crippen MR) is 113 cm³/mol. The van der Waals surface area contributed by atoms with Crippen LogP contribution in [0.25, 0.3) is 5.70 Å². The van der Waals surface area contributed by atoms with Crippen LogP contribution < -0.4 is 0 Å². The van der Waals surface area contributed by atoms with Gasteiger partial charge in [-0.3, -0.25) is 9.79 Å². The molecule has 0 saturated heterocycles. The topological polar surface area (TPSA) is 55.7 Å². The first-order chi connectivity index (χ1) is 13.1. The highest BCUT2D eigenvalue weighted by molar-refractivity contribution is 8.13. The van der Waals surface area contributed by atoms with Gasteiger partial charge in [-0.2, -0.15) is 0 Å². The maximum atomic E-state index is 12.9. The third-order valence-electron chi connectivity index (χ3n) is 4.67. The van der Waals surface area contributed by atoms with Crippen molar-refractivity contribution < 1.29 is 14.3 Å². The third kappa shape index (κ3) is 4.89. The molecule has 0 bridgehead atoms. The van der Waals surface area contributed by atoms with Crippen molar-refractivity contribution in [2.24, 2.45) is 16.8 Å². The van der Waals surface area contributed by atoms with Gasteiger partial charge < -0.3 is 4.74 Å². The average Bonchev–Trinajstić information content (AvgIpc) is 2.68. The number of aliphatic imine (C=N–C) groups is 1. The smallest absolute Gasteiger partial charge is 0.336 e. The Morgan fingerprint density at radius 2 is 1.81 bits per heavy atom. The van der Waals surface area contributed by atoms with Crippen LogP contribution in [0, 0.1) is 11.8 Å². The molecule has 0 aliphatic carbocycles. The molecule has 1 aliphatic heterocycles. The summed E-state index contributed by atoms with van der Waals surface area (Å²) in [7, 11) is 0. The van der Waals surface area contributed by atoms with E-state index < -0.39 is 0 Å². The van der Waals surface area contributed by atoms with E-state index in [2.05, 4.69) is 6.92 Å². The van der Waals surface area contributed by atoms with Crippen molar-refractivity contribution in [1.82, 2.24) is 0 Å². The van der Waals surface area contributed by atoms with Gasteiger partial charge in [-0.25, -0.2) is 4.79 Å². The lowest BCUT2D eigenvalue weighted by Gasteiger charge is -2.32. The van der Waals surface area contributed by atoms with E-state index in [1.165, 1.54) is 11.8 Å². The Kier molecular flexibility index (Phi) is 8.29. The van der Waals surface area contributed by atoms with Gasteiger partial charge in [-0.15, -0.1) is 0 Å². The number of hydrogen-bond acceptors (Lipinski definition) is 5. The summed E-state index contributed by atoms with van der Waals surface area (Å²) in [6.45, 7) is 8.18. The monoisotopic (exact) mass is 387 g/mol. The second kappa shape index (κ2) is 10.5. The number of carbonyl (C=O) groups is 2. The fourth-order valence-electron chi connectivity index (χ4n) is 3.56. The van der Waals surface area contributed by atoms with Crippen LogP contribution >= 0.6 is 11.8 Å². The number of carbonyl (C=O) groups excluding carboxylic acids is 2. The summed E-state index contributed by atoms with van der Waals surface area (Å²) in [6, 6.07) is 9.72. The number of ether oxygens (including phenoxy) is 1. The Hall–Kier alpha value is -1.88. The molecule has 146 valence electrons. The van der Waals surface area contributed by atoms with Gasteiger partial charge in [0, 0.05) is 17.2 Å². The Balaban J connectivity index is 2.67. The quantitative estimate of drug-likeness (QED) is 0.580. The molecule has 0 amide bonds. The molecule has 0 saturated carbocycles. The van der Waals surface area contributed by atoms with Crippen LogP contribution in [-0.2, 0) is 14.3 Å². The Morgan fingerprint density at radius 3 is 2.37 bits per heavy atom. The number of benzene rings is 1. The zero-order valence-corrected chi connectivity index (χ0v) is 17.5. The molecule has 5 heteroatoms. The average molecular weight is 388 g/mol. The molecule has 2 atom stereocenters. The number of rotatable bonds is 8. The molecule has 1 heterocycles. The molecule has 1 aromatic carbocycles. The number of esters is 1. The first-order valence-electron chi connectivity index (χ1n) is 9.79. The minimum Gasteiger partial charge on any atom is -0.463 e. The van der Waals surface area contributed by atoms with Crippen LogP contribution in [0.2, 0.25) is 0 Å². The lowest BCUT2D eigenvalue weighted by molar-refractivity contribution is -0.139. The minimum atomic E-state index is -0.359. The van der Waals surface area contributed by atoms with E-state index in [0.717, 1.165) is 29.9 Å². The van der Waals surface area contributed by atoms with E-state index in [9.17, 15) is 9.59 Å². The van der Waals surface area contributed by atoms with Crippen LogP contribution in [0.4, 0.5) is 0 Å². The van der Waals surface area contributed by atoms with Gasteiger partial charge in [0.25, 0.3) is 0 Å². The number of nitrogens with zero attached hydrogens (tertiary/aromatic N) is 1. The summed E-state index contributed by atoms with van der Waals surface area (Å²) in [5, 5.41) is 0.102. The maximum absolute atomic E-state index is 12.9. The second-order valence-electron chi connectivity index (χ2n) is 6.45. The molecule has 0 radical (unpaired) electrons. The molecule has 0 aromatic heterocycles. The first-order valence-corrected chi connectivity index (χ1v) is 10.8. The normalized spacial score (nSPS) is 19.6. The van der Waals surface area contributed by atoms with Crippen LogP contribution in [0.5, 0.6) is 0 Å². The number of hydrogen-bond donors (Lipinski definition) is 0. The van der Waals surface area contributed by atoms with Crippen molar-refractivity contribution in [3.63, 3.8) is 0 Å². The SMILES string of the molecule is CCCC1=NC(c2ccccc2)=C(C(=O)OCC)C(CC)C1C(=O)SCC. The van der Waals surface area contributed by atoms with E-state index in [1.54, 1.807) is 6.92 Å². The van der Waals surface area contributed by atoms with Crippen molar-refractivity contribution >= 4 is 34.3 Å². The van der Waals surface area contributed by atoms with Crippen LogP contribution in [-0.4, -0.2) is 29.2 Å². The highest BCUT2D eigenvalue weighted by Gasteiger charge is 2.41. The standard InChI is InChI=1S/C22H29NO3S/c1-5-12-17-18(22(25)27-8-4)16(6-2)19(21(24)26-7-3)20(23-17)15-13-10-9-11-14-15/h9-11,13-14,16,18H,5-8,12H2,1-4H3. The maximum Gasteiger partial charge on any atom is 0.336 e. The van der Waals surface area contributed by atoms with Crippen molar-refractivity contribution in [2.75, 3.05) is 12.4 Å². The summed E-state index contributed by atoms with van der Waals surface area (Å²) >= 11 is 1.32. The lowest BCUT2D eigenvalue weighted by atomic mass is 9.76. The van der Waals surface area contributed by atoms with E-state index in [-0.39, 0.29) is 22.9 Å². The largest absolute Gasteiger partial charge is 0.463 e. The van der Waals surface area contributed by atoms with Crippen LogP contribution in [0.1, 0.15) is 52.5 Å². The fourth-order valence-corrected chi connectivity index (χ4v) is 4.32. The highest BCUT2D eigenvalue weighted by atomic mass is 32.2. The molecule has 4 nitrogen and oxygen atoms in total. The Labute approximate surface area is 166 Å². The first kappa shape index (κ1) is 21.4. The van der Waals surface area contributed by atoms with Gasteiger partial charge in [-0.05, 0) is 25.5 Å². The third-order valence-corrected chi connectivity index (χ3v) is 5.50. The molecule has 1 aliphatic rings. The summed E-state index contributed by atoms with van der Waals surface area (Å²) in [6.07, 6.45) is 2.35. The molecule has 1 aromatic rings. The van der Waals surface area contributed by atoms with Gasteiger partial charge in [0.2, 0.25) is 0 Å². The van der Waals surface area contributed by atoms with Crippen LogP contribution in [0.3, 0.4) is 0 Å². The van der Waals surface area contributed by atoms with Crippen LogP contribution in [0.15, 0.2) is 40.9 Å². The zero-order chi connectivity index (χ0) is 19.8. The van der Waals surface area contributed by atoms with E-state index in [4.69, 9.17) is 9.73 Å². The van der Waals surface area contributed by atoms with Crippen molar-refractivity contribution in [2.45, 2.75) is 47.0 Å². The second-order valence-corrected chi connectivity index (χ2v) is 7.71. The summed E-state index contributed by atoms with van der Waals surface area (Å²) in [4.78, 5) is 30.7. The molecular formula is C22H29NO3S. The summed E-state index contributed by atoms with van der Waals surface area (Å²) in [5.74, 6) is -0.201. The Morgan fingerprint density at radius 1 is 1.11 bits per heavy atom. The lowest BCUT2D eigenvalue weighted by Crippen LogP contribution is -2.36. The number of thioether (sulfide) groups is 1. The molecule has 0 fully saturated rings. The zero-order valence-electron chi connectivity index (χ0n) is 16.7. The molecular weight excluding hydrogens is 358 g/mol. The van der Waals surface area contributed by atoms with E-state index in [0.29, 0.717) is 24.3 Å². The van der Waals surface area contributed by atoms with Gasteiger partial charge in [-0.1, -0.05) is 69.3 Å². The predicted octanol–water partition coefficient (Wildman–Crippen LogP) is 5.14. The van der Waals surface area contributed by atoms with Gasteiger partial charge in [0.1, 0.15) is 0 Å².